The maximum atomic E-state index is 8.78. The fraction of sp³-hybridized carbons (Fsp3) is 0.188. The molecule has 0 aromatic heterocycles. The number of hydrogen-bond acceptors (Lipinski definition) is 3. The molecular weight excluding hydrogens is 236 g/mol. The molecule has 0 fully saturated rings. The van der Waals surface area contributed by atoms with Gasteiger partial charge in [-0.2, -0.15) is 5.26 Å². The Morgan fingerprint density at radius 3 is 2.74 bits per heavy atom. The molecule has 2 aromatic rings. The first-order valence-electron chi connectivity index (χ1n) is 6.40. The standard InChI is InChI=1S/C16H14N2O/c17-11-12-6-8-14(9-7-12)19-15-5-1-3-13-4-2-10-18-16(13)15/h1,3,5-9,18H,2,4,10H2. The number of fused-ring (bicyclic) bond motifs is 1. The Kier molecular flexibility index (Phi) is 3.07. The number of benzene rings is 2. The van der Waals surface area contributed by atoms with Crippen molar-refractivity contribution in [2.24, 2.45) is 0 Å². The summed E-state index contributed by atoms with van der Waals surface area (Å²) >= 11 is 0. The maximum absolute atomic E-state index is 8.78. The predicted molar refractivity (Wildman–Crippen MR) is 74.5 cm³/mol. The highest BCUT2D eigenvalue weighted by Crippen LogP contribution is 2.34. The highest BCUT2D eigenvalue weighted by atomic mass is 16.5. The molecular formula is C16H14N2O. The average molecular weight is 250 g/mol. The molecule has 0 atom stereocenters. The largest absolute Gasteiger partial charge is 0.455 e. The molecule has 94 valence electrons. The van der Waals surface area contributed by atoms with Crippen LogP contribution in [0.4, 0.5) is 5.69 Å². The van der Waals surface area contributed by atoms with E-state index in [0.717, 1.165) is 36.6 Å². The number of hydrogen-bond donors (Lipinski definition) is 1. The van der Waals surface area contributed by atoms with Crippen molar-refractivity contribution in [2.45, 2.75) is 12.8 Å². The molecule has 19 heavy (non-hydrogen) atoms. The molecule has 0 bridgehead atoms. The van der Waals surface area contributed by atoms with Crippen molar-refractivity contribution in [1.29, 1.82) is 5.26 Å². The summed E-state index contributed by atoms with van der Waals surface area (Å²) in [5.41, 5.74) is 3.04. The van der Waals surface area contributed by atoms with Gasteiger partial charge in [0, 0.05) is 6.54 Å². The van der Waals surface area contributed by atoms with Crippen molar-refractivity contribution in [3.05, 3.63) is 53.6 Å². The summed E-state index contributed by atoms with van der Waals surface area (Å²) in [6, 6.07) is 15.4. The third-order valence-corrected chi connectivity index (χ3v) is 3.25. The minimum Gasteiger partial charge on any atom is -0.455 e. The Balaban J connectivity index is 1.88. The smallest absolute Gasteiger partial charge is 0.150 e. The highest BCUT2D eigenvalue weighted by Gasteiger charge is 2.13. The normalized spacial score (nSPS) is 13.0. The van der Waals surface area contributed by atoms with Crippen LogP contribution in [0.3, 0.4) is 0 Å². The van der Waals surface area contributed by atoms with Gasteiger partial charge in [0.1, 0.15) is 5.75 Å². The second kappa shape index (κ2) is 5.03. The topological polar surface area (TPSA) is 45.0 Å². The average Bonchev–Trinajstić information content (AvgIpc) is 2.48. The number of nitrogens with one attached hydrogen (secondary N) is 1. The van der Waals surface area contributed by atoms with Crippen molar-refractivity contribution in [3.8, 4) is 17.6 Å². The van der Waals surface area contributed by atoms with Crippen LogP contribution in [0.5, 0.6) is 11.5 Å². The van der Waals surface area contributed by atoms with Crippen molar-refractivity contribution in [2.75, 3.05) is 11.9 Å². The van der Waals surface area contributed by atoms with E-state index < -0.39 is 0 Å². The molecule has 1 aliphatic rings. The second-order valence-corrected chi connectivity index (χ2v) is 4.56. The van der Waals surface area contributed by atoms with Gasteiger partial charge in [0.05, 0.1) is 17.3 Å². The number of nitrogens with zero attached hydrogens (tertiary/aromatic N) is 1. The lowest BCUT2D eigenvalue weighted by atomic mass is 10.0. The number of ether oxygens (including phenoxy) is 1. The Hall–Kier alpha value is -2.47. The van der Waals surface area contributed by atoms with Crippen LogP contribution in [-0.4, -0.2) is 6.54 Å². The summed E-state index contributed by atoms with van der Waals surface area (Å²) in [6.45, 7) is 0.987. The van der Waals surface area contributed by atoms with Crippen LogP contribution < -0.4 is 10.1 Å². The van der Waals surface area contributed by atoms with Crippen molar-refractivity contribution in [1.82, 2.24) is 0 Å². The first-order chi connectivity index (χ1) is 9.36. The van der Waals surface area contributed by atoms with Crippen LogP contribution in [0.2, 0.25) is 0 Å². The summed E-state index contributed by atoms with van der Waals surface area (Å²) in [5.74, 6) is 1.60. The van der Waals surface area contributed by atoms with E-state index in [0.29, 0.717) is 5.56 Å². The number of anilines is 1. The van der Waals surface area contributed by atoms with E-state index in [1.807, 2.05) is 24.3 Å². The van der Waals surface area contributed by atoms with Gasteiger partial charge < -0.3 is 10.1 Å². The van der Waals surface area contributed by atoms with Gasteiger partial charge in [-0.3, -0.25) is 0 Å². The summed E-state index contributed by atoms with van der Waals surface area (Å²) in [7, 11) is 0. The van der Waals surface area contributed by atoms with E-state index in [1.54, 1.807) is 12.1 Å². The van der Waals surface area contributed by atoms with Crippen molar-refractivity contribution in [3.63, 3.8) is 0 Å². The Labute approximate surface area is 112 Å². The zero-order valence-corrected chi connectivity index (χ0v) is 10.5. The predicted octanol–water partition coefficient (Wildman–Crippen LogP) is 3.71. The molecule has 1 aliphatic heterocycles. The molecule has 0 saturated carbocycles. The molecule has 3 nitrogen and oxygen atoms in total. The van der Waals surface area contributed by atoms with Crippen LogP contribution >= 0.6 is 0 Å². The minimum atomic E-state index is 0.639. The van der Waals surface area contributed by atoms with Gasteiger partial charge >= 0.3 is 0 Å². The zero-order valence-electron chi connectivity index (χ0n) is 10.5. The van der Waals surface area contributed by atoms with Crippen LogP contribution in [0.15, 0.2) is 42.5 Å². The van der Waals surface area contributed by atoms with E-state index in [-0.39, 0.29) is 0 Å². The number of rotatable bonds is 2. The molecule has 0 amide bonds. The second-order valence-electron chi connectivity index (χ2n) is 4.56. The van der Waals surface area contributed by atoms with E-state index in [9.17, 15) is 0 Å². The van der Waals surface area contributed by atoms with Crippen LogP contribution in [0.25, 0.3) is 0 Å². The van der Waals surface area contributed by atoms with E-state index in [4.69, 9.17) is 10.00 Å². The van der Waals surface area contributed by atoms with Gasteiger partial charge in [-0.05, 0) is 48.7 Å². The summed E-state index contributed by atoms with van der Waals surface area (Å²) in [6.07, 6.45) is 2.25. The summed E-state index contributed by atoms with van der Waals surface area (Å²) < 4.78 is 5.90. The number of nitriles is 1. The van der Waals surface area contributed by atoms with Crippen molar-refractivity contribution < 1.29 is 4.74 Å². The SMILES string of the molecule is N#Cc1ccc(Oc2cccc3c2NCCC3)cc1. The molecule has 3 heteroatoms. The fourth-order valence-electron chi connectivity index (χ4n) is 2.29. The molecule has 0 spiro atoms. The number of para-hydroxylation sites is 1. The monoisotopic (exact) mass is 250 g/mol. The Morgan fingerprint density at radius 2 is 1.95 bits per heavy atom. The molecule has 0 aliphatic carbocycles. The molecule has 0 radical (unpaired) electrons. The zero-order chi connectivity index (χ0) is 13.1. The van der Waals surface area contributed by atoms with Gasteiger partial charge in [0.25, 0.3) is 0 Å². The summed E-state index contributed by atoms with van der Waals surface area (Å²) in [4.78, 5) is 0. The Bertz CT molecular complexity index is 626. The first kappa shape index (κ1) is 11.6. The summed E-state index contributed by atoms with van der Waals surface area (Å²) in [5, 5.41) is 12.2. The molecule has 3 rings (SSSR count). The lowest BCUT2D eigenvalue weighted by Gasteiger charge is -2.21. The Morgan fingerprint density at radius 1 is 1.11 bits per heavy atom. The molecule has 2 aromatic carbocycles. The van der Waals surface area contributed by atoms with Gasteiger partial charge in [0.2, 0.25) is 0 Å². The maximum Gasteiger partial charge on any atom is 0.150 e. The molecule has 1 N–H and O–H groups in total. The van der Waals surface area contributed by atoms with Gasteiger partial charge in [0.15, 0.2) is 5.75 Å². The van der Waals surface area contributed by atoms with Crippen LogP contribution in [0, 0.1) is 11.3 Å². The molecule has 0 unspecified atom stereocenters. The quantitative estimate of drug-likeness (QED) is 0.883. The first-order valence-corrected chi connectivity index (χ1v) is 6.40. The minimum absolute atomic E-state index is 0.639. The van der Waals surface area contributed by atoms with Crippen LogP contribution in [-0.2, 0) is 6.42 Å². The molecule has 1 heterocycles. The van der Waals surface area contributed by atoms with Crippen molar-refractivity contribution >= 4 is 5.69 Å². The van der Waals surface area contributed by atoms with Gasteiger partial charge in [-0.1, -0.05) is 12.1 Å². The van der Waals surface area contributed by atoms with Crippen LogP contribution in [0.1, 0.15) is 17.5 Å². The highest BCUT2D eigenvalue weighted by molar-refractivity contribution is 5.64. The fourth-order valence-corrected chi connectivity index (χ4v) is 2.29. The van der Waals surface area contributed by atoms with E-state index in [1.165, 1.54) is 5.56 Å². The van der Waals surface area contributed by atoms with E-state index >= 15 is 0 Å². The lowest BCUT2D eigenvalue weighted by Crippen LogP contribution is -2.12. The third kappa shape index (κ3) is 2.38. The van der Waals surface area contributed by atoms with Gasteiger partial charge in [-0.25, -0.2) is 0 Å². The molecule has 0 saturated heterocycles. The number of aryl methyl sites for hydroxylation is 1. The van der Waals surface area contributed by atoms with E-state index in [2.05, 4.69) is 17.5 Å². The lowest BCUT2D eigenvalue weighted by molar-refractivity contribution is 0.482. The third-order valence-electron chi connectivity index (χ3n) is 3.25. The van der Waals surface area contributed by atoms with Gasteiger partial charge in [-0.15, -0.1) is 0 Å².